The summed E-state index contributed by atoms with van der Waals surface area (Å²) in [5.41, 5.74) is 19.1. The zero-order valence-electron chi connectivity index (χ0n) is 36.7. The number of nitrogens with zero attached hydrogens (tertiary/aromatic N) is 1. The van der Waals surface area contributed by atoms with Gasteiger partial charge in [-0.15, -0.1) is 0 Å². The summed E-state index contributed by atoms with van der Waals surface area (Å²) in [7, 11) is 0. The fraction of sp³-hybridized carbons (Fsp3) is 0.0154. The molecule has 12 aromatic rings. The quantitative estimate of drug-likeness (QED) is 0.151. The molecule has 11 aromatic carbocycles. The minimum Gasteiger partial charge on any atom is -0.456 e. The van der Waals surface area contributed by atoms with E-state index in [4.69, 9.17) is 4.42 Å². The molecule has 1 aliphatic rings. The average molecular weight is 854 g/mol. The van der Waals surface area contributed by atoms with Crippen molar-refractivity contribution in [3.05, 3.63) is 283 Å². The monoisotopic (exact) mass is 853 g/mol. The van der Waals surface area contributed by atoms with E-state index in [9.17, 15) is 0 Å². The van der Waals surface area contributed by atoms with Crippen molar-refractivity contribution in [1.82, 2.24) is 0 Å². The van der Waals surface area contributed by atoms with Crippen molar-refractivity contribution in [3.8, 4) is 44.5 Å². The first kappa shape index (κ1) is 38.7. The molecule has 2 heteroatoms. The Hall–Kier alpha value is -8.72. The van der Waals surface area contributed by atoms with Crippen LogP contribution in [0.25, 0.3) is 77.2 Å². The predicted molar refractivity (Wildman–Crippen MR) is 280 cm³/mol. The SMILES string of the molecule is c1ccc(C2(c3ccccc3)c3ccccc3-c3c(N(c4ccc(-c5ccc(-c6cccc7ccccc67)cc5)cc4)c4cccc(-c5cccc6oc7ccccc7c56)c4)cccc32)cc1. The molecule has 314 valence electrons. The number of para-hydroxylation sites is 1. The molecule has 2 nitrogen and oxygen atoms in total. The van der Waals surface area contributed by atoms with Crippen LogP contribution in [0.15, 0.2) is 265 Å². The third kappa shape index (κ3) is 6.18. The Bertz CT molecular complexity index is 3750. The zero-order valence-corrected chi connectivity index (χ0v) is 36.7. The maximum Gasteiger partial charge on any atom is 0.136 e. The lowest BCUT2D eigenvalue weighted by molar-refractivity contribution is 0.669. The van der Waals surface area contributed by atoms with Gasteiger partial charge >= 0.3 is 0 Å². The van der Waals surface area contributed by atoms with Gasteiger partial charge in [0.2, 0.25) is 0 Å². The maximum atomic E-state index is 6.39. The maximum absolute atomic E-state index is 6.39. The average Bonchev–Trinajstić information content (AvgIpc) is 3.94. The van der Waals surface area contributed by atoms with Crippen LogP contribution in [0, 0.1) is 0 Å². The summed E-state index contributed by atoms with van der Waals surface area (Å²) in [5, 5.41) is 4.76. The molecule has 0 saturated heterocycles. The van der Waals surface area contributed by atoms with Crippen LogP contribution < -0.4 is 4.90 Å². The van der Waals surface area contributed by atoms with Crippen molar-refractivity contribution in [3.63, 3.8) is 0 Å². The Morgan fingerprint density at radius 1 is 0.328 bits per heavy atom. The van der Waals surface area contributed by atoms with Crippen molar-refractivity contribution in [2.75, 3.05) is 4.90 Å². The number of anilines is 3. The van der Waals surface area contributed by atoms with Gasteiger partial charge in [-0.05, 0) is 114 Å². The van der Waals surface area contributed by atoms with Crippen LogP contribution in [0.2, 0.25) is 0 Å². The summed E-state index contributed by atoms with van der Waals surface area (Å²) in [4.78, 5) is 2.46. The van der Waals surface area contributed by atoms with Gasteiger partial charge in [0, 0.05) is 27.7 Å². The van der Waals surface area contributed by atoms with Gasteiger partial charge in [0.15, 0.2) is 0 Å². The van der Waals surface area contributed by atoms with E-state index in [1.54, 1.807) is 0 Å². The summed E-state index contributed by atoms with van der Waals surface area (Å²) in [6, 6.07) is 95.1. The molecular formula is C65H43NO. The summed E-state index contributed by atoms with van der Waals surface area (Å²) >= 11 is 0. The van der Waals surface area contributed by atoms with Crippen LogP contribution in [0.5, 0.6) is 0 Å². The smallest absolute Gasteiger partial charge is 0.136 e. The van der Waals surface area contributed by atoms with Crippen molar-refractivity contribution in [1.29, 1.82) is 0 Å². The van der Waals surface area contributed by atoms with E-state index < -0.39 is 5.41 Å². The molecule has 0 N–H and O–H groups in total. The van der Waals surface area contributed by atoms with Gasteiger partial charge < -0.3 is 9.32 Å². The molecule has 0 amide bonds. The first-order valence-corrected chi connectivity index (χ1v) is 23.1. The number of fused-ring (bicyclic) bond motifs is 7. The standard InChI is InChI=1S/C65H43NO/c1-3-20-49(21-4-1)65(50-22-5-2-6-23-50)58-30-11-9-26-56(58)64-59(65)31-16-32-60(64)66(52-24-13-19-48(43-52)55-29-15-34-62-63(55)57-27-10-12-33-61(57)67-62)51-41-39-45(40-42-51)44-35-37-47(38-36-44)54-28-14-18-46-17-7-8-25-53(46)54/h1-43H. The van der Waals surface area contributed by atoms with E-state index in [2.05, 4.69) is 260 Å². The molecule has 1 aromatic heterocycles. The Kier molecular flexibility index (Phi) is 9.11. The first-order chi connectivity index (χ1) is 33.2. The lowest BCUT2D eigenvalue weighted by Gasteiger charge is -2.34. The molecule has 0 bridgehead atoms. The fourth-order valence-electron chi connectivity index (χ4n) is 11.0. The molecule has 0 radical (unpaired) electrons. The van der Waals surface area contributed by atoms with Crippen LogP contribution in [0.3, 0.4) is 0 Å². The molecule has 0 fully saturated rings. The Labute approximate surface area is 390 Å². The fourth-order valence-corrected chi connectivity index (χ4v) is 11.0. The van der Waals surface area contributed by atoms with E-state index in [1.165, 1.54) is 60.8 Å². The van der Waals surface area contributed by atoms with Crippen LogP contribution in [0.4, 0.5) is 17.1 Å². The molecule has 0 aliphatic heterocycles. The number of hydrogen-bond donors (Lipinski definition) is 0. The molecule has 67 heavy (non-hydrogen) atoms. The lowest BCUT2D eigenvalue weighted by Crippen LogP contribution is -2.28. The highest BCUT2D eigenvalue weighted by atomic mass is 16.3. The van der Waals surface area contributed by atoms with E-state index in [1.807, 2.05) is 6.07 Å². The van der Waals surface area contributed by atoms with Gasteiger partial charge in [0.05, 0.1) is 11.1 Å². The summed E-state index contributed by atoms with van der Waals surface area (Å²) in [6.07, 6.45) is 0. The minimum atomic E-state index is -0.530. The van der Waals surface area contributed by atoms with E-state index in [0.717, 1.165) is 55.7 Å². The van der Waals surface area contributed by atoms with E-state index >= 15 is 0 Å². The van der Waals surface area contributed by atoms with Gasteiger partial charge in [-0.2, -0.15) is 0 Å². The van der Waals surface area contributed by atoms with E-state index in [-0.39, 0.29) is 0 Å². The molecule has 13 rings (SSSR count). The lowest BCUT2D eigenvalue weighted by atomic mass is 9.68. The Balaban J connectivity index is 0.997. The highest BCUT2D eigenvalue weighted by Crippen LogP contribution is 2.59. The van der Waals surface area contributed by atoms with Gasteiger partial charge in [0.1, 0.15) is 11.2 Å². The molecule has 1 aliphatic carbocycles. The molecule has 1 heterocycles. The number of hydrogen-bond acceptors (Lipinski definition) is 2. The van der Waals surface area contributed by atoms with Crippen LogP contribution in [-0.2, 0) is 5.41 Å². The third-order valence-corrected chi connectivity index (χ3v) is 14.0. The molecule has 0 unspecified atom stereocenters. The zero-order chi connectivity index (χ0) is 44.3. The van der Waals surface area contributed by atoms with Gasteiger partial charge in [-0.1, -0.05) is 218 Å². The minimum absolute atomic E-state index is 0.530. The summed E-state index contributed by atoms with van der Waals surface area (Å²) < 4.78 is 6.39. The van der Waals surface area contributed by atoms with Gasteiger partial charge in [-0.25, -0.2) is 0 Å². The number of rotatable bonds is 8. The van der Waals surface area contributed by atoms with E-state index in [0.29, 0.717) is 0 Å². The first-order valence-electron chi connectivity index (χ1n) is 23.1. The molecule has 0 spiro atoms. The largest absolute Gasteiger partial charge is 0.456 e. The summed E-state index contributed by atoms with van der Waals surface area (Å²) in [5.74, 6) is 0. The van der Waals surface area contributed by atoms with Crippen LogP contribution in [-0.4, -0.2) is 0 Å². The number of furan rings is 1. The van der Waals surface area contributed by atoms with Crippen molar-refractivity contribution in [2.45, 2.75) is 5.41 Å². The molecule has 0 saturated carbocycles. The second-order valence-electron chi connectivity index (χ2n) is 17.5. The second kappa shape index (κ2) is 15.8. The van der Waals surface area contributed by atoms with Crippen molar-refractivity contribution < 1.29 is 4.42 Å². The second-order valence-corrected chi connectivity index (χ2v) is 17.5. The van der Waals surface area contributed by atoms with Gasteiger partial charge in [-0.3, -0.25) is 0 Å². The Morgan fingerprint density at radius 2 is 0.881 bits per heavy atom. The summed E-state index contributed by atoms with van der Waals surface area (Å²) in [6.45, 7) is 0. The molecular weight excluding hydrogens is 811 g/mol. The normalized spacial score (nSPS) is 12.6. The van der Waals surface area contributed by atoms with Crippen LogP contribution >= 0.6 is 0 Å². The van der Waals surface area contributed by atoms with Crippen molar-refractivity contribution in [2.24, 2.45) is 0 Å². The van der Waals surface area contributed by atoms with Crippen molar-refractivity contribution >= 4 is 49.8 Å². The van der Waals surface area contributed by atoms with Crippen LogP contribution in [0.1, 0.15) is 22.3 Å². The Morgan fingerprint density at radius 3 is 1.67 bits per heavy atom. The highest BCUT2D eigenvalue weighted by Gasteiger charge is 2.47. The third-order valence-electron chi connectivity index (χ3n) is 14.0. The predicted octanol–water partition coefficient (Wildman–Crippen LogP) is 17.6. The number of benzene rings is 11. The topological polar surface area (TPSA) is 16.4 Å². The molecule has 0 atom stereocenters. The van der Waals surface area contributed by atoms with Gasteiger partial charge in [0.25, 0.3) is 0 Å². The highest BCUT2D eigenvalue weighted by molar-refractivity contribution is 6.12.